The fourth-order valence-corrected chi connectivity index (χ4v) is 2.13. The van der Waals surface area contributed by atoms with E-state index in [2.05, 4.69) is 36.1 Å². The van der Waals surface area contributed by atoms with Gasteiger partial charge < -0.3 is 5.11 Å². The van der Waals surface area contributed by atoms with E-state index >= 15 is 0 Å². The first-order valence-electron chi connectivity index (χ1n) is 5.53. The van der Waals surface area contributed by atoms with Crippen molar-refractivity contribution in [2.24, 2.45) is 0 Å². The van der Waals surface area contributed by atoms with E-state index in [0.717, 1.165) is 6.54 Å². The van der Waals surface area contributed by atoms with Crippen molar-refractivity contribution in [3.63, 3.8) is 0 Å². The van der Waals surface area contributed by atoms with Gasteiger partial charge in [-0.25, -0.2) is 0 Å². The van der Waals surface area contributed by atoms with E-state index in [0.29, 0.717) is 12.1 Å². The maximum atomic E-state index is 9.88. The summed E-state index contributed by atoms with van der Waals surface area (Å²) in [6.07, 6.45) is 0. The number of benzene rings is 1. The molecule has 82 valence electrons. The molecule has 3 atom stereocenters. The van der Waals surface area contributed by atoms with Gasteiger partial charge in [-0.3, -0.25) is 4.90 Å². The van der Waals surface area contributed by atoms with Gasteiger partial charge in [0.05, 0.1) is 11.6 Å². The molecule has 1 aliphatic heterocycles. The lowest BCUT2D eigenvalue weighted by molar-refractivity contribution is 0.0604. The zero-order valence-electron chi connectivity index (χ0n) is 9.64. The molecule has 1 aromatic rings. The van der Waals surface area contributed by atoms with E-state index in [1.807, 2.05) is 19.9 Å². The Balaban J connectivity index is 2.04. The summed E-state index contributed by atoms with van der Waals surface area (Å²) in [7, 11) is 0. The summed E-state index contributed by atoms with van der Waals surface area (Å²) in [4.78, 5) is 2.33. The highest BCUT2D eigenvalue weighted by Crippen LogP contribution is 2.37. The van der Waals surface area contributed by atoms with Crippen molar-refractivity contribution in [1.82, 2.24) is 4.90 Å². The minimum Gasteiger partial charge on any atom is -0.389 e. The minimum atomic E-state index is -0.580. The van der Waals surface area contributed by atoms with Crippen LogP contribution in [0.3, 0.4) is 0 Å². The normalized spacial score (nSPS) is 27.5. The molecule has 1 saturated heterocycles. The second kappa shape index (κ2) is 3.62. The zero-order valence-corrected chi connectivity index (χ0v) is 9.64. The lowest BCUT2D eigenvalue weighted by atomic mass is 10.0. The highest BCUT2D eigenvalue weighted by Gasteiger charge is 2.47. The Labute approximate surface area is 91.5 Å². The van der Waals surface area contributed by atoms with Gasteiger partial charge in [-0.1, -0.05) is 30.3 Å². The number of hydrogen-bond acceptors (Lipinski definition) is 2. The van der Waals surface area contributed by atoms with Gasteiger partial charge >= 0.3 is 0 Å². The van der Waals surface area contributed by atoms with Crippen molar-refractivity contribution in [3.05, 3.63) is 35.9 Å². The number of hydrogen-bond donors (Lipinski definition) is 1. The average Bonchev–Trinajstić information content (AvgIpc) is 2.97. The van der Waals surface area contributed by atoms with E-state index in [4.69, 9.17) is 0 Å². The van der Waals surface area contributed by atoms with Crippen molar-refractivity contribution in [2.45, 2.75) is 38.5 Å². The lowest BCUT2D eigenvalue weighted by Crippen LogP contribution is -2.30. The maximum absolute atomic E-state index is 9.88. The molecule has 0 saturated carbocycles. The third-order valence-electron chi connectivity index (χ3n) is 3.25. The second-order valence-electron chi connectivity index (χ2n) is 4.95. The Morgan fingerprint density at radius 1 is 1.33 bits per heavy atom. The van der Waals surface area contributed by atoms with Gasteiger partial charge in [0, 0.05) is 12.6 Å². The molecule has 0 radical (unpaired) electrons. The highest BCUT2D eigenvalue weighted by atomic mass is 16.3. The molecule has 0 aliphatic carbocycles. The van der Waals surface area contributed by atoms with Gasteiger partial charge in [0.2, 0.25) is 0 Å². The zero-order chi connectivity index (χ0) is 11.1. The molecule has 0 spiro atoms. The standard InChI is InChI=1S/C13H19NO/c1-10(11-7-5-4-6-8-11)14-9-12(14)13(2,3)15/h4-8,10,12,15H,9H2,1-3H3/t10-,12+,14?/m1/s1. The van der Waals surface area contributed by atoms with Gasteiger partial charge in [-0.2, -0.15) is 0 Å². The molecular weight excluding hydrogens is 186 g/mol. The van der Waals surface area contributed by atoms with Crippen molar-refractivity contribution in [3.8, 4) is 0 Å². The molecule has 1 unspecified atom stereocenters. The topological polar surface area (TPSA) is 23.2 Å². The van der Waals surface area contributed by atoms with Crippen molar-refractivity contribution in [1.29, 1.82) is 0 Å². The Bertz CT molecular complexity index is 328. The van der Waals surface area contributed by atoms with E-state index in [9.17, 15) is 5.11 Å². The first kappa shape index (κ1) is 10.7. The Kier molecular flexibility index (Phi) is 2.57. The van der Waals surface area contributed by atoms with Crippen LogP contribution in [-0.2, 0) is 0 Å². The second-order valence-corrected chi connectivity index (χ2v) is 4.95. The molecule has 1 aromatic carbocycles. The van der Waals surface area contributed by atoms with Gasteiger partial charge in [0.25, 0.3) is 0 Å². The number of nitrogens with zero attached hydrogens (tertiary/aromatic N) is 1. The van der Waals surface area contributed by atoms with Crippen LogP contribution in [0.15, 0.2) is 30.3 Å². The van der Waals surface area contributed by atoms with Crippen molar-refractivity contribution in [2.75, 3.05) is 6.54 Å². The third kappa shape index (κ3) is 2.21. The molecule has 1 fully saturated rings. The average molecular weight is 205 g/mol. The predicted molar refractivity (Wildman–Crippen MR) is 61.6 cm³/mol. The molecule has 2 heteroatoms. The summed E-state index contributed by atoms with van der Waals surface area (Å²) in [5.41, 5.74) is 0.743. The maximum Gasteiger partial charge on any atom is 0.0758 e. The highest BCUT2D eigenvalue weighted by molar-refractivity contribution is 5.21. The molecule has 0 amide bonds. The first-order valence-corrected chi connectivity index (χ1v) is 5.53. The molecule has 0 bridgehead atoms. The van der Waals surface area contributed by atoms with Gasteiger partial charge in [-0.05, 0) is 26.3 Å². The van der Waals surface area contributed by atoms with Crippen LogP contribution in [0, 0.1) is 0 Å². The fourth-order valence-electron chi connectivity index (χ4n) is 2.13. The molecule has 2 nitrogen and oxygen atoms in total. The third-order valence-corrected chi connectivity index (χ3v) is 3.25. The van der Waals surface area contributed by atoms with Crippen LogP contribution in [0.5, 0.6) is 0 Å². The summed E-state index contributed by atoms with van der Waals surface area (Å²) >= 11 is 0. The SMILES string of the molecule is C[C@H](c1ccccc1)N1C[C@H]1C(C)(C)O. The Morgan fingerprint density at radius 2 is 1.93 bits per heavy atom. The summed E-state index contributed by atoms with van der Waals surface area (Å²) < 4.78 is 0. The summed E-state index contributed by atoms with van der Waals surface area (Å²) in [5, 5.41) is 9.88. The van der Waals surface area contributed by atoms with Crippen LogP contribution in [0.1, 0.15) is 32.4 Å². The van der Waals surface area contributed by atoms with E-state index < -0.39 is 5.60 Å². The van der Waals surface area contributed by atoms with Crippen molar-refractivity contribution >= 4 is 0 Å². The molecule has 1 N–H and O–H groups in total. The van der Waals surface area contributed by atoms with Gasteiger partial charge in [0.1, 0.15) is 0 Å². The van der Waals surface area contributed by atoms with Crippen LogP contribution < -0.4 is 0 Å². The van der Waals surface area contributed by atoms with Gasteiger partial charge in [-0.15, -0.1) is 0 Å². The molecular formula is C13H19NO. The first-order chi connectivity index (χ1) is 7.00. The van der Waals surface area contributed by atoms with Crippen molar-refractivity contribution < 1.29 is 5.11 Å². The molecule has 0 aromatic heterocycles. The molecule has 1 aliphatic rings. The van der Waals surface area contributed by atoms with E-state index in [-0.39, 0.29) is 0 Å². The molecule has 2 rings (SSSR count). The fraction of sp³-hybridized carbons (Fsp3) is 0.538. The summed E-state index contributed by atoms with van der Waals surface area (Å²) in [6.45, 7) is 6.96. The number of aliphatic hydroxyl groups is 1. The van der Waals surface area contributed by atoms with Crippen LogP contribution in [-0.4, -0.2) is 28.2 Å². The molecule has 15 heavy (non-hydrogen) atoms. The Morgan fingerprint density at radius 3 is 2.40 bits per heavy atom. The Hall–Kier alpha value is -0.860. The lowest BCUT2D eigenvalue weighted by Gasteiger charge is -2.21. The van der Waals surface area contributed by atoms with Crippen LogP contribution >= 0.6 is 0 Å². The molecule has 1 heterocycles. The summed E-state index contributed by atoms with van der Waals surface area (Å²) in [6, 6.07) is 11.2. The number of rotatable bonds is 3. The minimum absolute atomic E-state index is 0.313. The van der Waals surface area contributed by atoms with Crippen LogP contribution in [0.4, 0.5) is 0 Å². The van der Waals surface area contributed by atoms with E-state index in [1.165, 1.54) is 5.56 Å². The monoisotopic (exact) mass is 205 g/mol. The quantitative estimate of drug-likeness (QED) is 0.765. The van der Waals surface area contributed by atoms with E-state index in [1.54, 1.807) is 0 Å². The smallest absolute Gasteiger partial charge is 0.0758 e. The van der Waals surface area contributed by atoms with Crippen LogP contribution in [0.2, 0.25) is 0 Å². The predicted octanol–water partition coefficient (Wildman–Crippen LogP) is 2.20. The van der Waals surface area contributed by atoms with Crippen LogP contribution in [0.25, 0.3) is 0 Å². The largest absolute Gasteiger partial charge is 0.389 e. The van der Waals surface area contributed by atoms with Gasteiger partial charge in [0.15, 0.2) is 0 Å². The summed E-state index contributed by atoms with van der Waals surface area (Å²) in [5.74, 6) is 0.